The summed E-state index contributed by atoms with van der Waals surface area (Å²) in [5.74, 6) is -0.915. The van der Waals surface area contributed by atoms with Crippen molar-refractivity contribution in [2.24, 2.45) is 0 Å². The van der Waals surface area contributed by atoms with Crippen molar-refractivity contribution >= 4 is 12.0 Å². The first-order valence-corrected chi connectivity index (χ1v) is 7.66. The molecule has 2 saturated heterocycles. The Morgan fingerprint density at radius 2 is 1.90 bits per heavy atom. The number of hydrogen-bond donors (Lipinski definition) is 1. The summed E-state index contributed by atoms with van der Waals surface area (Å²) in [5.41, 5.74) is 0. The maximum absolute atomic E-state index is 12.6. The number of piperazine rings is 1. The summed E-state index contributed by atoms with van der Waals surface area (Å²) in [6.45, 7) is 3.42. The van der Waals surface area contributed by atoms with Gasteiger partial charge in [0, 0.05) is 31.7 Å². The fraction of sp³-hybridized carbons (Fsp3) is 0.857. The third-order valence-electron chi connectivity index (χ3n) is 4.65. The highest BCUT2D eigenvalue weighted by molar-refractivity contribution is 5.81. The molecule has 20 heavy (non-hydrogen) atoms. The lowest BCUT2D eigenvalue weighted by molar-refractivity contribution is -0.137. The summed E-state index contributed by atoms with van der Waals surface area (Å²) in [5, 5.41) is 8.97. The van der Waals surface area contributed by atoms with Gasteiger partial charge in [-0.3, -0.25) is 9.69 Å². The molecule has 1 atom stereocenters. The summed E-state index contributed by atoms with van der Waals surface area (Å²) in [7, 11) is 0. The minimum absolute atomic E-state index is 0.0693. The number of urea groups is 1. The molecule has 0 spiro atoms. The topological polar surface area (TPSA) is 64.1 Å². The molecular formula is C14H23N3O3. The molecule has 3 rings (SSSR count). The predicted octanol–water partition coefficient (Wildman–Crippen LogP) is 0.825. The molecule has 0 aromatic rings. The molecule has 0 aromatic heterocycles. The maximum Gasteiger partial charge on any atom is 0.323 e. The first-order valence-electron chi connectivity index (χ1n) is 7.66. The monoisotopic (exact) mass is 281 g/mol. The zero-order chi connectivity index (χ0) is 14.1. The highest BCUT2D eigenvalue weighted by atomic mass is 16.4. The molecular weight excluding hydrogens is 258 g/mol. The number of nitrogens with zero attached hydrogens (tertiary/aromatic N) is 3. The number of carbonyl (C=O) groups is 2. The van der Waals surface area contributed by atoms with Gasteiger partial charge in [0.15, 0.2) is 0 Å². The molecule has 112 valence electrons. The minimum Gasteiger partial charge on any atom is -0.480 e. The van der Waals surface area contributed by atoms with Crippen molar-refractivity contribution in [1.29, 1.82) is 0 Å². The van der Waals surface area contributed by atoms with E-state index in [9.17, 15) is 9.59 Å². The van der Waals surface area contributed by atoms with E-state index in [0.29, 0.717) is 6.04 Å². The number of rotatable bonds is 3. The van der Waals surface area contributed by atoms with Gasteiger partial charge in [-0.05, 0) is 32.2 Å². The van der Waals surface area contributed by atoms with Gasteiger partial charge in [0.25, 0.3) is 0 Å². The van der Waals surface area contributed by atoms with E-state index >= 15 is 0 Å². The predicted molar refractivity (Wildman–Crippen MR) is 73.5 cm³/mol. The molecule has 0 aromatic carbocycles. The van der Waals surface area contributed by atoms with Gasteiger partial charge in [-0.2, -0.15) is 0 Å². The molecule has 6 heteroatoms. The third kappa shape index (κ3) is 2.90. The zero-order valence-electron chi connectivity index (χ0n) is 11.8. The average molecular weight is 281 g/mol. The van der Waals surface area contributed by atoms with Crippen LogP contribution in [0.4, 0.5) is 4.79 Å². The largest absolute Gasteiger partial charge is 0.480 e. The van der Waals surface area contributed by atoms with Crippen LogP contribution in [0.5, 0.6) is 0 Å². The summed E-state index contributed by atoms with van der Waals surface area (Å²) >= 11 is 0. The SMILES string of the molecule is O=C(O)CN(C(=O)N1CCN2CCCCC2C1)C1CC1. The van der Waals surface area contributed by atoms with Crippen molar-refractivity contribution in [3.05, 3.63) is 0 Å². The molecule has 2 amide bonds. The van der Waals surface area contributed by atoms with Crippen LogP contribution in [-0.4, -0.2) is 76.6 Å². The standard InChI is InChI=1S/C14H23N3O3/c18-13(19)10-17(11-4-5-11)14(20)16-8-7-15-6-2-1-3-12(15)9-16/h11-12H,1-10H2,(H,18,19). The summed E-state index contributed by atoms with van der Waals surface area (Å²) in [6, 6.07) is 0.565. The average Bonchev–Trinajstić information content (AvgIpc) is 3.28. The second kappa shape index (κ2) is 5.60. The first-order chi connectivity index (χ1) is 9.65. The third-order valence-corrected chi connectivity index (χ3v) is 4.65. The van der Waals surface area contributed by atoms with Crippen molar-refractivity contribution in [2.75, 3.05) is 32.7 Å². The molecule has 1 N–H and O–H groups in total. The van der Waals surface area contributed by atoms with Gasteiger partial charge < -0.3 is 14.9 Å². The van der Waals surface area contributed by atoms with E-state index in [1.54, 1.807) is 4.90 Å². The summed E-state index contributed by atoms with van der Waals surface area (Å²) in [6.07, 6.45) is 5.55. The number of carboxylic acids is 1. The van der Waals surface area contributed by atoms with Crippen LogP contribution in [0.3, 0.4) is 0 Å². The van der Waals surface area contributed by atoms with Crippen LogP contribution in [0.25, 0.3) is 0 Å². The Morgan fingerprint density at radius 3 is 2.60 bits per heavy atom. The summed E-state index contributed by atoms with van der Waals surface area (Å²) in [4.78, 5) is 29.4. The molecule has 0 bridgehead atoms. The Kier molecular flexibility index (Phi) is 3.83. The number of carbonyl (C=O) groups excluding carboxylic acids is 1. The van der Waals surface area contributed by atoms with E-state index in [4.69, 9.17) is 5.11 Å². The van der Waals surface area contributed by atoms with Gasteiger partial charge >= 0.3 is 12.0 Å². The Hall–Kier alpha value is -1.30. The molecule has 1 saturated carbocycles. The Morgan fingerprint density at radius 1 is 1.10 bits per heavy atom. The lowest BCUT2D eigenvalue weighted by atomic mass is 10.00. The van der Waals surface area contributed by atoms with E-state index in [1.807, 2.05) is 4.90 Å². The van der Waals surface area contributed by atoms with Crippen LogP contribution in [0, 0.1) is 0 Å². The second-order valence-electron chi connectivity index (χ2n) is 6.17. The molecule has 2 heterocycles. The van der Waals surface area contributed by atoms with Gasteiger partial charge in [-0.1, -0.05) is 6.42 Å². The molecule has 0 radical (unpaired) electrons. The van der Waals surface area contributed by atoms with Gasteiger partial charge in [0.2, 0.25) is 0 Å². The van der Waals surface area contributed by atoms with Gasteiger partial charge in [-0.25, -0.2) is 4.79 Å². The lowest BCUT2D eigenvalue weighted by Gasteiger charge is -2.45. The van der Waals surface area contributed by atoms with Crippen LogP contribution in [0.15, 0.2) is 0 Å². The normalized spacial score (nSPS) is 27.0. The summed E-state index contributed by atoms with van der Waals surface area (Å²) < 4.78 is 0. The maximum atomic E-state index is 12.6. The van der Waals surface area contributed by atoms with Crippen LogP contribution in [-0.2, 0) is 4.79 Å². The van der Waals surface area contributed by atoms with Crippen LogP contribution in [0.2, 0.25) is 0 Å². The zero-order valence-corrected chi connectivity index (χ0v) is 11.8. The van der Waals surface area contributed by atoms with Crippen LogP contribution < -0.4 is 0 Å². The first kappa shape index (κ1) is 13.7. The highest BCUT2D eigenvalue weighted by Gasteiger charge is 2.38. The fourth-order valence-corrected chi connectivity index (χ4v) is 3.40. The van der Waals surface area contributed by atoms with Crippen molar-refractivity contribution in [3.63, 3.8) is 0 Å². The number of aliphatic carboxylic acids is 1. The number of fused-ring (bicyclic) bond motifs is 1. The number of amides is 2. The Labute approximate surface area is 119 Å². The molecule has 3 fully saturated rings. The number of piperidine rings is 1. The van der Waals surface area contributed by atoms with Gasteiger partial charge in [-0.15, -0.1) is 0 Å². The van der Waals surface area contributed by atoms with E-state index in [1.165, 1.54) is 12.8 Å². The van der Waals surface area contributed by atoms with Crippen molar-refractivity contribution in [2.45, 2.75) is 44.2 Å². The van der Waals surface area contributed by atoms with Gasteiger partial charge in [0.05, 0.1) is 0 Å². The van der Waals surface area contributed by atoms with E-state index < -0.39 is 5.97 Å². The Bertz CT molecular complexity index is 397. The quantitative estimate of drug-likeness (QED) is 0.832. The molecule has 6 nitrogen and oxygen atoms in total. The second-order valence-corrected chi connectivity index (χ2v) is 6.17. The molecule has 1 aliphatic carbocycles. The van der Waals surface area contributed by atoms with E-state index in [2.05, 4.69) is 4.90 Å². The van der Waals surface area contributed by atoms with Crippen molar-refractivity contribution in [3.8, 4) is 0 Å². The van der Waals surface area contributed by atoms with Crippen LogP contribution >= 0.6 is 0 Å². The molecule has 2 aliphatic heterocycles. The Balaban J connectivity index is 1.62. The van der Waals surface area contributed by atoms with E-state index in [0.717, 1.165) is 45.4 Å². The molecule has 3 aliphatic rings. The lowest BCUT2D eigenvalue weighted by Crippen LogP contribution is -2.59. The fourth-order valence-electron chi connectivity index (χ4n) is 3.40. The highest BCUT2D eigenvalue weighted by Crippen LogP contribution is 2.29. The number of hydrogen-bond acceptors (Lipinski definition) is 3. The van der Waals surface area contributed by atoms with Crippen molar-refractivity contribution in [1.82, 2.24) is 14.7 Å². The van der Waals surface area contributed by atoms with Crippen LogP contribution in [0.1, 0.15) is 32.1 Å². The molecule has 1 unspecified atom stereocenters. The van der Waals surface area contributed by atoms with E-state index in [-0.39, 0.29) is 18.6 Å². The minimum atomic E-state index is -0.915. The van der Waals surface area contributed by atoms with Gasteiger partial charge in [0.1, 0.15) is 6.54 Å². The number of carboxylic acid groups (broad SMARTS) is 1. The smallest absolute Gasteiger partial charge is 0.323 e. The van der Waals surface area contributed by atoms with Crippen molar-refractivity contribution < 1.29 is 14.7 Å².